The molecule has 0 fully saturated rings. The van der Waals surface area contributed by atoms with E-state index in [1.807, 2.05) is 42.5 Å². The molecule has 9 heteroatoms. The molecule has 6 aromatic rings. The molecule has 0 bridgehead atoms. The molecule has 2 heterocycles. The number of nitrogen functional groups attached to an aromatic ring is 1. The van der Waals surface area contributed by atoms with Gasteiger partial charge < -0.3 is 20.4 Å². The van der Waals surface area contributed by atoms with Crippen molar-refractivity contribution in [3.63, 3.8) is 0 Å². The van der Waals surface area contributed by atoms with Crippen LogP contribution in [0.2, 0.25) is 0 Å². The smallest absolute Gasteiger partial charge is 0.267 e. The largest absolute Gasteiger partial charge is 0.497 e. The van der Waals surface area contributed by atoms with Crippen LogP contribution >= 0.6 is 0 Å². The molecule has 0 amide bonds. The Bertz CT molecular complexity index is 1930. The van der Waals surface area contributed by atoms with Gasteiger partial charge in [-0.1, -0.05) is 60.7 Å². The Labute approximate surface area is 246 Å². The Hall–Kier alpha value is -5.28. The summed E-state index contributed by atoms with van der Waals surface area (Å²) in [6.07, 6.45) is 1.60. The Morgan fingerprint density at radius 1 is 0.837 bits per heavy atom. The fourth-order valence-corrected chi connectivity index (χ4v) is 5.13. The molecular formula is C34H29F2N5O2. The summed E-state index contributed by atoms with van der Waals surface area (Å²) in [5.74, 6) is -0.471. The SMILES string of the molecule is COc1ccc(-c2cn(Cc3c(F)cccc3F)c3nc(-c4ccc(N)cc4)c(CNCc4ccccc4)n3c2=O)cc1. The van der Waals surface area contributed by atoms with Crippen molar-refractivity contribution in [3.8, 4) is 28.1 Å². The van der Waals surface area contributed by atoms with Crippen molar-refractivity contribution < 1.29 is 13.5 Å². The quantitative estimate of drug-likeness (QED) is 0.205. The number of ether oxygens (including phenoxy) is 1. The van der Waals surface area contributed by atoms with Gasteiger partial charge in [-0.3, -0.25) is 4.79 Å². The molecule has 6 rings (SSSR count). The van der Waals surface area contributed by atoms with Gasteiger partial charge in [-0.05, 0) is 47.5 Å². The number of methoxy groups -OCH3 is 1. The minimum Gasteiger partial charge on any atom is -0.497 e. The first-order valence-corrected chi connectivity index (χ1v) is 13.8. The standard InChI is InChI=1S/C34H29F2N5O2/c1-43-26-16-12-23(13-17-26)27-20-40(21-28-29(35)8-5-9-30(28)36)34-39-32(24-10-14-25(37)15-11-24)31(41(34)33(27)42)19-38-18-22-6-3-2-4-7-22/h2-17,20,38H,18-19,21,37H2,1H3. The van der Waals surface area contributed by atoms with Crippen molar-refractivity contribution in [2.75, 3.05) is 12.8 Å². The molecule has 0 aliphatic carbocycles. The van der Waals surface area contributed by atoms with Crippen LogP contribution < -0.4 is 21.3 Å². The normalized spacial score (nSPS) is 11.2. The van der Waals surface area contributed by atoms with E-state index in [1.165, 1.54) is 22.6 Å². The van der Waals surface area contributed by atoms with Crippen molar-refractivity contribution in [2.45, 2.75) is 19.6 Å². The number of rotatable bonds is 9. The lowest BCUT2D eigenvalue weighted by molar-refractivity contribution is 0.415. The minimum absolute atomic E-state index is 0.130. The number of halogens is 2. The molecule has 2 aromatic heterocycles. The van der Waals surface area contributed by atoms with E-state index in [0.717, 1.165) is 11.1 Å². The van der Waals surface area contributed by atoms with Crippen molar-refractivity contribution >= 4 is 11.5 Å². The van der Waals surface area contributed by atoms with Crippen LogP contribution in [0.25, 0.3) is 28.2 Å². The number of nitrogens with two attached hydrogens (primary N) is 1. The zero-order valence-electron chi connectivity index (χ0n) is 23.4. The third-order valence-corrected chi connectivity index (χ3v) is 7.37. The van der Waals surface area contributed by atoms with E-state index >= 15 is 0 Å². The Balaban J connectivity index is 1.57. The number of nitrogens with one attached hydrogen (secondary N) is 1. The van der Waals surface area contributed by atoms with Gasteiger partial charge in [0.1, 0.15) is 17.4 Å². The van der Waals surface area contributed by atoms with Crippen molar-refractivity contribution in [2.24, 2.45) is 0 Å². The average molecular weight is 578 g/mol. The van der Waals surface area contributed by atoms with E-state index in [0.29, 0.717) is 47.0 Å². The van der Waals surface area contributed by atoms with Crippen molar-refractivity contribution in [1.82, 2.24) is 19.3 Å². The molecule has 4 aromatic carbocycles. The van der Waals surface area contributed by atoms with E-state index in [9.17, 15) is 13.6 Å². The molecule has 3 N–H and O–H groups in total. The molecule has 0 spiro atoms. The van der Waals surface area contributed by atoms with Crippen LogP contribution in [0.4, 0.5) is 14.5 Å². The number of hydrogen-bond donors (Lipinski definition) is 2. The van der Waals surface area contributed by atoms with Gasteiger partial charge in [0.2, 0.25) is 5.78 Å². The van der Waals surface area contributed by atoms with Gasteiger partial charge in [-0.15, -0.1) is 0 Å². The molecule has 0 saturated carbocycles. The molecule has 0 radical (unpaired) electrons. The zero-order chi connectivity index (χ0) is 29.9. The van der Waals surface area contributed by atoms with Crippen molar-refractivity contribution in [3.05, 3.63) is 142 Å². The summed E-state index contributed by atoms with van der Waals surface area (Å²) < 4.78 is 38.2. The van der Waals surface area contributed by atoms with Crippen LogP contribution in [0, 0.1) is 11.6 Å². The van der Waals surface area contributed by atoms with E-state index in [-0.39, 0.29) is 23.4 Å². The fourth-order valence-electron chi connectivity index (χ4n) is 5.13. The first kappa shape index (κ1) is 27.9. The maximum atomic E-state index is 14.9. The number of aromatic nitrogens is 3. The highest BCUT2D eigenvalue weighted by Crippen LogP contribution is 2.28. The second-order valence-corrected chi connectivity index (χ2v) is 10.2. The van der Waals surface area contributed by atoms with E-state index < -0.39 is 11.6 Å². The first-order valence-electron chi connectivity index (χ1n) is 13.8. The molecule has 43 heavy (non-hydrogen) atoms. The maximum Gasteiger partial charge on any atom is 0.267 e. The topological polar surface area (TPSA) is 86.6 Å². The number of anilines is 1. The molecular weight excluding hydrogens is 548 g/mol. The van der Waals surface area contributed by atoms with Gasteiger partial charge in [0.15, 0.2) is 0 Å². The summed E-state index contributed by atoms with van der Waals surface area (Å²) in [5.41, 5.74) is 10.1. The second kappa shape index (κ2) is 11.9. The number of benzene rings is 4. The average Bonchev–Trinajstić information content (AvgIpc) is 3.41. The van der Waals surface area contributed by atoms with Gasteiger partial charge in [-0.25, -0.2) is 18.2 Å². The highest BCUT2D eigenvalue weighted by molar-refractivity contribution is 5.70. The van der Waals surface area contributed by atoms with Crippen LogP contribution in [0.5, 0.6) is 5.75 Å². The van der Waals surface area contributed by atoms with Gasteiger partial charge >= 0.3 is 0 Å². The van der Waals surface area contributed by atoms with Gasteiger partial charge in [0.25, 0.3) is 5.56 Å². The number of fused-ring (bicyclic) bond motifs is 1. The summed E-state index contributed by atoms with van der Waals surface area (Å²) in [5, 5.41) is 3.44. The minimum atomic E-state index is -0.682. The van der Waals surface area contributed by atoms with E-state index in [1.54, 1.807) is 54.3 Å². The van der Waals surface area contributed by atoms with Crippen LogP contribution in [0.1, 0.15) is 16.8 Å². The Morgan fingerprint density at radius 2 is 1.51 bits per heavy atom. The van der Waals surface area contributed by atoms with Crippen LogP contribution in [-0.4, -0.2) is 21.1 Å². The molecule has 0 unspecified atom stereocenters. The van der Waals surface area contributed by atoms with E-state index in [2.05, 4.69) is 5.32 Å². The Morgan fingerprint density at radius 3 is 2.19 bits per heavy atom. The van der Waals surface area contributed by atoms with Crippen LogP contribution in [-0.2, 0) is 19.6 Å². The summed E-state index contributed by atoms with van der Waals surface area (Å²) in [7, 11) is 1.57. The zero-order valence-corrected chi connectivity index (χ0v) is 23.4. The van der Waals surface area contributed by atoms with Gasteiger partial charge in [-0.2, -0.15) is 0 Å². The third kappa shape index (κ3) is 5.62. The fraction of sp³-hybridized carbons (Fsp3) is 0.118. The monoisotopic (exact) mass is 577 g/mol. The summed E-state index contributed by atoms with van der Waals surface area (Å²) >= 11 is 0. The first-order chi connectivity index (χ1) is 20.9. The molecule has 0 atom stereocenters. The van der Waals surface area contributed by atoms with Gasteiger partial charge in [0, 0.05) is 36.1 Å². The molecule has 0 aliphatic rings. The lowest BCUT2D eigenvalue weighted by Gasteiger charge is -2.14. The molecule has 0 aliphatic heterocycles. The van der Waals surface area contributed by atoms with Crippen LogP contribution in [0.3, 0.4) is 0 Å². The summed E-state index contributed by atoms with van der Waals surface area (Å²) in [6, 6.07) is 28.0. The predicted molar refractivity (Wildman–Crippen MR) is 164 cm³/mol. The molecule has 216 valence electrons. The summed E-state index contributed by atoms with van der Waals surface area (Å²) in [4.78, 5) is 19.2. The second-order valence-electron chi connectivity index (χ2n) is 10.2. The Kier molecular flexibility index (Phi) is 7.72. The van der Waals surface area contributed by atoms with Crippen molar-refractivity contribution in [1.29, 1.82) is 0 Å². The lowest BCUT2D eigenvalue weighted by Crippen LogP contribution is -2.24. The lowest BCUT2D eigenvalue weighted by atomic mass is 10.1. The highest BCUT2D eigenvalue weighted by Gasteiger charge is 2.22. The van der Waals surface area contributed by atoms with E-state index in [4.69, 9.17) is 15.5 Å². The van der Waals surface area contributed by atoms with Gasteiger partial charge in [0.05, 0.1) is 30.6 Å². The summed E-state index contributed by atoms with van der Waals surface area (Å²) in [6.45, 7) is 0.674. The predicted octanol–water partition coefficient (Wildman–Crippen LogP) is 6.04. The molecule has 0 saturated heterocycles. The maximum absolute atomic E-state index is 14.9. The molecule has 7 nitrogen and oxygen atoms in total. The number of imidazole rings is 1. The van der Waals surface area contributed by atoms with Crippen LogP contribution in [0.15, 0.2) is 108 Å². The number of nitrogens with zero attached hydrogens (tertiary/aromatic N) is 3. The highest BCUT2D eigenvalue weighted by atomic mass is 19.1. The number of hydrogen-bond acceptors (Lipinski definition) is 5. The third-order valence-electron chi connectivity index (χ3n) is 7.37.